The van der Waals surface area contributed by atoms with Crippen molar-refractivity contribution in [2.75, 3.05) is 0 Å². The molecule has 2 heterocycles. The molecule has 0 aromatic carbocycles. The molecule has 1 fully saturated rings. The molecule has 5 unspecified atom stereocenters. The monoisotopic (exact) mass is 316 g/mol. The Balaban J connectivity index is 2.30. The lowest BCUT2D eigenvalue weighted by Crippen LogP contribution is -2.27. The maximum Gasteiger partial charge on any atom is 0.102 e. The highest BCUT2D eigenvalue weighted by molar-refractivity contribution is 9.10. The van der Waals surface area contributed by atoms with E-state index in [0.717, 1.165) is 16.7 Å². The lowest BCUT2D eigenvalue weighted by Gasteiger charge is -2.25. The molecule has 1 saturated heterocycles. The van der Waals surface area contributed by atoms with Crippen molar-refractivity contribution in [3.05, 3.63) is 16.4 Å². The fourth-order valence-electron chi connectivity index (χ4n) is 2.94. The highest BCUT2D eigenvalue weighted by Crippen LogP contribution is 2.42. The van der Waals surface area contributed by atoms with Crippen molar-refractivity contribution >= 4 is 15.9 Å². The topological polar surface area (TPSA) is 47.3 Å². The predicted octanol–water partition coefficient (Wildman–Crippen LogP) is 2.76. The molecule has 1 aliphatic heterocycles. The fraction of sp³-hybridized carbons (Fsp3) is 0.769. The summed E-state index contributed by atoms with van der Waals surface area (Å²) < 4.78 is 8.53. The Hall–Kier alpha value is -0.390. The molecule has 4 nitrogen and oxygen atoms in total. The van der Waals surface area contributed by atoms with Gasteiger partial charge in [0, 0.05) is 12.5 Å². The molecule has 102 valence electrons. The minimum absolute atomic E-state index is 0.0668. The van der Waals surface area contributed by atoms with Crippen molar-refractivity contribution < 1.29 is 9.84 Å². The molecule has 2 rings (SSSR count). The van der Waals surface area contributed by atoms with E-state index >= 15 is 0 Å². The van der Waals surface area contributed by atoms with Crippen molar-refractivity contribution in [2.24, 2.45) is 11.8 Å². The molecule has 5 atom stereocenters. The number of ether oxygens (including phenoxy) is 1. The minimum atomic E-state index is -0.545. The Kier molecular flexibility index (Phi) is 4.14. The summed E-state index contributed by atoms with van der Waals surface area (Å²) in [6.07, 6.45) is 1.46. The van der Waals surface area contributed by atoms with Crippen LogP contribution in [0, 0.1) is 11.8 Å². The van der Waals surface area contributed by atoms with E-state index in [4.69, 9.17) is 4.74 Å². The quantitative estimate of drug-likeness (QED) is 0.932. The molecule has 1 aromatic rings. The number of halogens is 1. The van der Waals surface area contributed by atoms with Gasteiger partial charge in [-0.15, -0.1) is 0 Å². The number of aliphatic hydroxyl groups excluding tert-OH is 1. The van der Waals surface area contributed by atoms with E-state index in [-0.39, 0.29) is 18.1 Å². The lowest BCUT2D eigenvalue weighted by molar-refractivity contribution is 0.0200. The van der Waals surface area contributed by atoms with Gasteiger partial charge in [0.1, 0.15) is 6.10 Å². The molecule has 1 N–H and O–H groups in total. The molecular formula is C13H21BrN2O2. The third-order valence-electron chi connectivity index (χ3n) is 4.10. The number of aromatic nitrogens is 2. The van der Waals surface area contributed by atoms with Gasteiger partial charge >= 0.3 is 0 Å². The number of rotatable bonds is 3. The van der Waals surface area contributed by atoms with Crippen molar-refractivity contribution in [3.8, 4) is 0 Å². The first kappa shape index (κ1) is 14.0. The molecule has 0 radical (unpaired) electrons. The Morgan fingerprint density at radius 2 is 2.11 bits per heavy atom. The van der Waals surface area contributed by atoms with Crippen LogP contribution in [-0.4, -0.2) is 27.1 Å². The van der Waals surface area contributed by atoms with Gasteiger partial charge in [-0.05, 0) is 42.6 Å². The molecule has 0 amide bonds. The van der Waals surface area contributed by atoms with Crippen LogP contribution in [0.15, 0.2) is 10.7 Å². The third kappa shape index (κ3) is 2.24. The maximum absolute atomic E-state index is 10.7. The average Bonchev–Trinajstić information content (AvgIpc) is 2.80. The van der Waals surface area contributed by atoms with Crippen molar-refractivity contribution in [3.63, 3.8) is 0 Å². The summed E-state index contributed by atoms with van der Waals surface area (Å²) in [4.78, 5) is 0. The molecule has 0 spiro atoms. The van der Waals surface area contributed by atoms with Gasteiger partial charge in [0.25, 0.3) is 0 Å². The smallest absolute Gasteiger partial charge is 0.102 e. The van der Waals surface area contributed by atoms with E-state index < -0.39 is 6.10 Å². The number of nitrogens with zero attached hydrogens (tertiary/aromatic N) is 2. The Bertz CT molecular complexity index is 421. The molecular weight excluding hydrogens is 296 g/mol. The average molecular weight is 317 g/mol. The molecule has 1 aliphatic rings. The number of hydrogen-bond donors (Lipinski definition) is 1. The van der Waals surface area contributed by atoms with E-state index in [1.54, 1.807) is 6.20 Å². The van der Waals surface area contributed by atoms with E-state index in [2.05, 4.69) is 34.9 Å². The van der Waals surface area contributed by atoms with Gasteiger partial charge in [-0.1, -0.05) is 6.92 Å². The third-order valence-corrected chi connectivity index (χ3v) is 4.71. The lowest BCUT2D eigenvalue weighted by atomic mass is 9.84. The molecule has 0 bridgehead atoms. The van der Waals surface area contributed by atoms with Gasteiger partial charge in [0.05, 0.1) is 28.6 Å². The van der Waals surface area contributed by atoms with Gasteiger partial charge in [-0.25, -0.2) is 0 Å². The van der Waals surface area contributed by atoms with Gasteiger partial charge < -0.3 is 9.84 Å². The van der Waals surface area contributed by atoms with Crippen LogP contribution in [0.5, 0.6) is 0 Å². The highest BCUT2D eigenvalue weighted by atomic mass is 79.9. The minimum Gasteiger partial charge on any atom is -0.386 e. The molecule has 0 saturated carbocycles. The van der Waals surface area contributed by atoms with Crippen LogP contribution < -0.4 is 0 Å². The first-order valence-corrected chi connectivity index (χ1v) is 7.31. The van der Waals surface area contributed by atoms with Crippen LogP contribution in [-0.2, 0) is 11.3 Å². The highest BCUT2D eigenvalue weighted by Gasteiger charge is 2.43. The van der Waals surface area contributed by atoms with Gasteiger partial charge in [0.15, 0.2) is 0 Å². The van der Waals surface area contributed by atoms with E-state index in [1.165, 1.54) is 0 Å². The number of aliphatic hydroxyl groups is 1. The SMILES string of the molecule is CCn1ncc(Br)c1C(O)C1C(C)OC(C)C1C. The Morgan fingerprint density at radius 1 is 1.44 bits per heavy atom. The predicted molar refractivity (Wildman–Crippen MR) is 73.2 cm³/mol. The van der Waals surface area contributed by atoms with Crippen LogP contribution >= 0.6 is 15.9 Å². The zero-order valence-corrected chi connectivity index (χ0v) is 12.9. The largest absolute Gasteiger partial charge is 0.386 e. The van der Waals surface area contributed by atoms with Crippen molar-refractivity contribution in [1.29, 1.82) is 0 Å². The molecule has 5 heteroatoms. The molecule has 0 aliphatic carbocycles. The van der Waals surface area contributed by atoms with Crippen LogP contribution in [0.4, 0.5) is 0 Å². The first-order chi connectivity index (χ1) is 8.47. The standard InChI is InChI=1S/C13H21BrN2O2/c1-5-16-12(10(14)6-15-16)13(17)11-7(2)8(3)18-9(11)4/h6-9,11,13,17H,5H2,1-4H3. The Labute approximate surface area is 116 Å². The molecule has 18 heavy (non-hydrogen) atoms. The van der Waals surface area contributed by atoms with Crippen LogP contribution in [0.3, 0.4) is 0 Å². The van der Waals surface area contributed by atoms with E-state index in [0.29, 0.717) is 5.92 Å². The van der Waals surface area contributed by atoms with Gasteiger partial charge in [0.2, 0.25) is 0 Å². The van der Waals surface area contributed by atoms with Crippen LogP contribution in [0.1, 0.15) is 39.5 Å². The van der Waals surface area contributed by atoms with Crippen molar-refractivity contribution in [2.45, 2.75) is 52.6 Å². The summed E-state index contributed by atoms with van der Waals surface area (Å²) in [5.41, 5.74) is 0.860. The summed E-state index contributed by atoms with van der Waals surface area (Å²) in [6.45, 7) is 9.03. The zero-order valence-electron chi connectivity index (χ0n) is 11.3. The fourth-order valence-corrected chi connectivity index (χ4v) is 3.47. The number of hydrogen-bond acceptors (Lipinski definition) is 3. The second kappa shape index (κ2) is 5.31. The normalized spacial score (nSPS) is 33.9. The number of aryl methyl sites for hydroxylation is 1. The second-order valence-electron chi connectivity index (χ2n) is 5.12. The Morgan fingerprint density at radius 3 is 2.61 bits per heavy atom. The summed E-state index contributed by atoms with van der Waals surface area (Å²) in [5.74, 6) is 0.445. The van der Waals surface area contributed by atoms with Crippen LogP contribution in [0.2, 0.25) is 0 Å². The second-order valence-corrected chi connectivity index (χ2v) is 5.98. The maximum atomic E-state index is 10.7. The molecule has 1 aromatic heterocycles. The van der Waals surface area contributed by atoms with E-state index in [1.807, 2.05) is 18.5 Å². The summed E-state index contributed by atoms with van der Waals surface area (Å²) >= 11 is 3.48. The summed E-state index contributed by atoms with van der Waals surface area (Å²) in [5, 5.41) is 15.0. The first-order valence-electron chi connectivity index (χ1n) is 6.52. The van der Waals surface area contributed by atoms with E-state index in [9.17, 15) is 5.11 Å². The van der Waals surface area contributed by atoms with Crippen LogP contribution in [0.25, 0.3) is 0 Å². The van der Waals surface area contributed by atoms with Gasteiger partial charge in [-0.2, -0.15) is 5.10 Å². The zero-order chi connectivity index (χ0) is 13.4. The van der Waals surface area contributed by atoms with Crippen molar-refractivity contribution in [1.82, 2.24) is 9.78 Å². The van der Waals surface area contributed by atoms with Gasteiger partial charge in [-0.3, -0.25) is 4.68 Å². The summed E-state index contributed by atoms with van der Waals surface area (Å²) in [7, 11) is 0. The summed E-state index contributed by atoms with van der Waals surface area (Å²) in [6, 6.07) is 0.